The Morgan fingerprint density at radius 3 is 2.33 bits per heavy atom. The fraction of sp³-hybridized carbons (Fsp3) is 0.333. The quantitative estimate of drug-likeness (QED) is 0.770. The molecule has 7 nitrogen and oxygen atoms in total. The zero-order chi connectivity index (χ0) is 16.8. The monoisotopic (exact) mass is 373 g/mol. The molecule has 0 aliphatic carbocycles. The highest BCUT2D eigenvalue weighted by Crippen LogP contribution is 2.34. The zero-order valence-corrected chi connectivity index (χ0v) is 15.3. The van der Waals surface area contributed by atoms with Crippen LogP contribution in [0.15, 0.2) is 17.5 Å². The minimum Gasteiger partial charge on any atom is -0.496 e. The molecule has 0 spiro atoms. The minimum absolute atomic E-state index is 0. The van der Waals surface area contributed by atoms with Gasteiger partial charge in [0.2, 0.25) is 0 Å². The Kier molecular flexibility index (Phi) is 7.76. The lowest BCUT2D eigenvalue weighted by Crippen LogP contribution is -2.23. The SMILES string of the molecule is COc1cc(OC)c(OC)cc1CNC(=O)c1csc(CN)n1.Cl. The van der Waals surface area contributed by atoms with Crippen LogP contribution in [-0.4, -0.2) is 32.2 Å². The van der Waals surface area contributed by atoms with Crippen molar-refractivity contribution >= 4 is 29.7 Å². The van der Waals surface area contributed by atoms with Crippen molar-refractivity contribution in [1.29, 1.82) is 0 Å². The van der Waals surface area contributed by atoms with E-state index in [4.69, 9.17) is 19.9 Å². The summed E-state index contributed by atoms with van der Waals surface area (Å²) in [7, 11) is 4.66. The molecule has 0 aliphatic rings. The number of rotatable bonds is 7. The number of nitrogens with zero attached hydrogens (tertiary/aromatic N) is 1. The highest BCUT2D eigenvalue weighted by Gasteiger charge is 2.14. The highest BCUT2D eigenvalue weighted by molar-refractivity contribution is 7.09. The van der Waals surface area contributed by atoms with E-state index >= 15 is 0 Å². The summed E-state index contributed by atoms with van der Waals surface area (Å²) in [4.78, 5) is 16.3. The summed E-state index contributed by atoms with van der Waals surface area (Å²) < 4.78 is 15.8. The summed E-state index contributed by atoms with van der Waals surface area (Å²) in [5.74, 6) is 1.46. The van der Waals surface area contributed by atoms with Crippen LogP contribution in [0.3, 0.4) is 0 Å². The van der Waals surface area contributed by atoms with Gasteiger partial charge in [-0.15, -0.1) is 23.7 Å². The molecule has 9 heteroatoms. The van der Waals surface area contributed by atoms with Crippen molar-refractivity contribution in [2.24, 2.45) is 5.73 Å². The number of methoxy groups -OCH3 is 3. The van der Waals surface area contributed by atoms with E-state index in [2.05, 4.69) is 10.3 Å². The van der Waals surface area contributed by atoms with Crippen molar-refractivity contribution < 1.29 is 19.0 Å². The lowest BCUT2D eigenvalue weighted by molar-refractivity contribution is 0.0946. The Morgan fingerprint density at radius 1 is 1.17 bits per heavy atom. The van der Waals surface area contributed by atoms with E-state index in [0.29, 0.717) is 29.5 Å². The second-order valence-electron chi connectivity index (χ2n) is 4.53. The third-order valence-electron chi connectivity index (χ3n) is 3.18. The molecule has 2 aromatic rings. The van der Waals surface area contributed by atoms with Gasteiger partial charge in [-0.1, -0.05) is 0 Å². The normalized spacial score (nSPS) is 9.83. The number of thiazole rings is 1. The lowest BCUT2D eigenvalue weighted by Gasteiger charge is -2.14. The predicted octanol–water partition coefficient (Wildman–Crippen LogP) is 1.98. The summed E-state index contributed by atoms with van der Waals surface area (Å²) in [6.07, 6.45) is 0. The minimum atomic E-state index is -0.266. The number of nitrogens with two attached hydrogens (primary N) is 1. The van der Waals surface area contributed by atoms with Gasteiger partial charge in [0.1, 0.15) is 16.5 Å². The summed E-state index contributed by atoms with van der Waals surface area (Å²) in [5, 5.41) is 5.21. The second kappa shape index (κ2) is 9.31. The maximum Gasteiger partial charge on any atom is 0.271 e. The standard InChI is InChI=1S/C15H19N3O4S.ClH/c1-20-11-5-13(22-3)12(21-2)4-9(11)7-17-15(19)10-8-23-14(6-16)18-10;/h4-5,8H,6-7,16H2,1-3H3,(H,17,19);1H. The number of aromatic nitrogens is 1. The van der Waals surface area contributed by atoms with Gasteiger partial charge in [0, 0.05) is 30.1 Å². The summed E-state index contributed by atoms with van der Waals surface area (Å²) >= 11 is 1.36. The number of benzene rings is 1. The Morgan fingerprint density at radius 2 is 1.79 bits per heavy atom. The van der Waals surface area contributed by atoms with Crippen molar-refractivity contribution in [3.63, 3.8) is 0 Å². The molecule has 132 valence electrons. The van der Waals surface area contributed by atoms with Crippen molar-refractivity contribution in [3.8, 4) is 17.2 Å². The van der Waals surface area contributed by atoms with Crippen LogP contribution in [0.4, 0.5) is 0 Å². The maximum atomic E-state index is 12.1. The van der Waals surface area contributed by atoms with Gasteiger partial charge in [0.15, 0.2) is 11.5 Å². The Hall–Kier alpha value is -2.03. The van der Waals surface area contributed by atoms with E-state index in [0.717, 1.165) is 10.6 Å². The second-order valence-corrected chi connectivity index (χ2v) is 5.47. The van der Waals surface area contributed by atoms with Crippen LogP contribution in [0.5, 0.6) is 17.2 Å². The van der Waals surface area contributed by atoms with Crippen molar-refractivity contribution in [2.75, 3.05) is 21.3 Å². The molecule has 0 unspecified atom stereocenters. The number of ether oxygens (including phenoxy) is 3. The molecule has 3 N–H and O–H groups in total. The first-order valence-corrected chi connectivity index (χ1v) is 7.72. The number of hydrogen-bond donors (Lipinski definition) is 2. The summed E-state index contributed by atoms with van der Waals surface area (Å²) in [6.45, 7) is 0.597. The molecule has 24 heavy (non-hydrogen) atoms. The van der Waals surface area contributed by atoms with Crippen LogP contribution in [0.2, 0.25) is 0 Å². The molecule has 1 aromatic carbocycles. The molecular weight excluding hydrogens is 354 g/mol. The molecule has 2 rings (SSSR count). The highest BCUT2D eigenvalue weighted by atomic mass is 35.5. The molecule has 0 atom stereocenters. The van der Waals surface area contributed by atoms with Gasteiger partial charge in [-0.3, -0.25) is 4.79 Å². The number of hydrogen-bond acceptors (Lipinski definition) is 7. The van der Waals surface area contributed by atoms with E-state index in [1.807, 2.05) is 0 Å². The predicted molar refractivity (Wildman–Crippen MR) is 94.5 cm³/mol. The molecule has 1 heterocycles. The van der Waals surface area contributed by atoms with Crippen LogP contribution in [-0.2, 0) is 13.1 Å². The molecule has 0 bridgehead atoms. The van der Waals surface area contributed by atoms with Gasteiger partial charge in [-0.2, -0.15) is 0 Å². The van der Waals surface area contributed by atoms with E-state index in [1.54, 1.807) is 38.8 Å². The largest absolute Gasteiger partial charge is 0.496 e. The number of carbonyl (C=O) groups is 1. The summed E-state index contributed by atoms with van der Waals surface area (Å²) in [6, 6.07) is 3.49. The van der Waals surface area contributed by atoms with Crippen LogP contribution in [0.25, 0.3) is 0 Å². The first kappa shape index (κ1) is 20.0. The third kappa shape index (κ3) is 4.50. The van der Waals surface area contributed by atoms with Crippen molar-refractivity contribution in [1.82, 2.24) is 10.3 Å². The molecule has 1 amide bonds. The Labute approximate surface area is 150 Å². The zero-order valence-electron chi connectivity index (χ0n) is 13.6. The van der Waals surface area contributed by atoms with Gasteiger partial charge in [0.25, 0.3) is 5.91 Å². The lowest BCUT2D eigenvalue weighted by atomic mass is 10.1. The number of nitrogens with one attached hydrogen (secondary N) is 1. The molecule has 0 aliphatic heterocycles. The van der Waals surface area contributed by atoms with E-state index in [9.17, 15) is 4.79 Å². The van der Waals surface area contributed by atoms with Crippen molar-refractivity contribution in [3.05, 3.63) is 33.8 Å². The Bertz CT molecular complexity index is 693. The van der Waals surface area contributed by atoms with Crippen LogP contribution < -0.4 is 25.3 Å². The maximum absolute atomic E-state index is 12.1. The molecule has 0 saturated carbocycles. The van der Waals surface area contributed by atoms with Gasteiger partial charge in [0.05, 0.1) is 21.3 Å². The first-order valence-electron chi connectivity index (χ1n) is 6.84. The van der Waals surface area contributed by atoms with Gasteiger partial charge in [-0.05, 0) is 6.07 Å². The average molecular weight is 374 g/mol. The van der Waals surface area contributed by atoms with Crippen LogP contribution in [0, 0.1) is 0 Å². The third-order valence-corrected chi connectivity index (χ3v) is 4.06. The van der Waals surface area contributed by atoms with E-state index < -0.39 is 0 Å². The smallest absolute Gasteiger partial charge is 0.271 e. The first-order chi connectivity index (χ1) is 11.1. The van der Waals surface area contributed by atoms with Crippen LogP contribution >= 0.6 is 23.7 Å². The number of halogens is 1. The van der Waals surface area contributed by atoms with Gasteiger partial charge in [-0.25, -0.2) is 4.98 Å². The molecule has 0 fully saturated rings. The summed E-state index contributed by atoms with van der Waals surface area (Å²) in [5.41, 5.74) is 6.63. The van der Waals surface area contributed by atoms with Crippen LogP contribution in [0.1, 0.15) is 21.1 Å². The average Bonchev–Trinajstić information content (AvgIpc) is 3.07. The van der Waals surface area contributed by atoms with Gasteiger partial charge >= 0.3 is 0 Å². The fourth-order valence-corrected chi connectivity index (χ4v) is 2.66. The van der Waals surface area contributed by atoms with E-state index in [1.165, 1.54) is 11.3 Å². The number of amides is 1. The molecule has 0 saturated heterocycles. The topological polar surface area (TPSA) is 95.7 Å². The Balaban J connectivity index is 0.00000288. The fourth-order valence-electron chi connectivity index (χ4n) is 2.01. The number of carbonyl (C=O) groups excluding carboxylic acids is 1. The van der Waals surface area contributed by atoms with E-state index in [-0.39, 0.29) is 24.9 Å². The molecule has 0 radical (unpaired) electrons. The van der Waals surface area contributed by atoms with Gasteiger partial charge < -0.3 is 25.3 Å². The molecule has 1 aromatic heterocycles. The van der Waals surface area contributed by atoms with Crippen molar-refractivity contribution in [2.45, 2.75) is 13.1 Å². The molecular formula is C15H20ClN3O4S.